The maximum atomic E-state index is 12.1. The molecule has 136 valence electrons. The highest BCUT2D eigenvalue weighted by Crippen LogP contribution is 2.22. The summed E-state index contributed by atoms with van der Waals surface area (Å²) in [6.07, 6.45) is 0. The Hall–Kier alpha value is -2.47. The molecule has 26 heavy (non-hydrogen) atoms. The number of nitrogens with one attached hydrogen (secondary N) is 1. The van der Waals surface area contributed by atoms with Gasteiger partial charge in [-0.25, -0.2) is 4.79 Å². The molecular formula is C20H20BrNO4. The van der Waals surface area contributed by atoms with E-state index in [1.807, 2.05) is 12.1 Å². The lowest BCUT2D eigenvalue weighted by Crippen LogP contribution is -2.34. The first kappa shape index (κ1) is 19.8. The predicted octanol–water partition coefficient (Wildman–Crippen LogP) is 3.86. The van der Waals surface area contributed by atoms with Crippen molar-refractivity contribution in [2.24, 2.45) is 0 Å². The molecule has 0 saturated heterocycles. The van der Waals surface area contributed by atoms with Crippen molar-refractivity contribution in [1.29, 1.82) is 0 Å². The van der Waals surface area contributed by atoms with Crippen LogP contribution in [-0.4, -0.2) is 24.4 Å². The van der Waals surface area contributed by atoms with Crippen LogP contribution in [0, 0.1) is 0 Å². The Kier molecular flexibility index (Phi) is 6.32. The van der Waals surface area contributed by atoms with Gasteiger partial charge in [0.15, 0.2) is 6.61 Å². The number of carbonyl (C=O) groups is 3. The molecule has 2 aromatic carbocycles. The van der Waals surface area contributed by atoms with Gasteiger partial charge in [-0.05, 0) is 41.3 Å². The lowest BCUT2D eigenvalue weighted by Gasteiger charge is -2.19. The van der Waals surface area contributed by atoms with E-state index >= 15 is 0 Å². The van der Waals surface area contributed by atoms with Gasteiger partial charge < -0.3 is 4.74 Å². The van der Waals surface area contributed by atoms with Crippen molar-refractivity contribution in [2.75, 3.05) is 6.61 Å². The van der Waals surface area contributed by atoms with Crippen molar-refractivity contribution >= 4 is 33.7 Å². The van der Waals surface area contributed by atoms with E-state index in [9.17, 15) is 14.4 Å². The molecule has 0 radical (unpaired) electrons. The van der Waals surface area contributed by atoms with Gasteiger partial charge in [0.1, 0.15) is 0 Å². The standard InChI is InChI=1S/C20H20BrNO4/c1-20(2,3)15-9-7-13(8-10-15)18(24)22-17(23)12-26-19(25)14-5-4-6-16(21)11-14/h4-11H,12H2,1-3H3,(H,22,23,24). The number of imide groups is 1. The number of halogens is 1. The normalized spacial score (nSPS) is 10.9. The Morgan fingerprint density at radius 2 is 1.65 bits per heavy atom. The summed E-state index contributed by atoms with van der Waals surface area (Å²) in [5, 5.41) is 2.21. The summed E-state index contributed by atoms with van der Waals surface area (Å²) in [7, 11) is 0. The van der Waals surface area contributed by atoms with Gasteiger partial charge >= 0.3 is 5.97 Å². The van der Waals surface area contributed by atoms with Gasteiger partial charge in [0.05, 0.1) is 5.56 Å². The Morgan fingerprint density at radius 3 is 2.23 bits per heavy atom. The van der Waals surface area contributed by atoms with Crippen LogP contribution in [0.5, 0.6) is 0 Å². The Labute approximate surface area is 160 Å². The second kappa shape index (κ2) is 8.27. The van der Waals surface area contributed by atoms with E-state index in [0.717, 1.165) is 10.0 Å². The van der Waals surface area contributed by atoms with Crippen LogP contribution < -0.4 is 5.32 Å². The van der Waals surface area contributed by atoms with Gasteiger partial charge in [-0.2, -0.15) is 0 Å². The van der Waals surface area contributed by atoms with Gasteiger partial charge in [-0.15, -0.1) is 0 Å². The third-order valence-electron chi connectivity index (χ3n) is 3.66. The molecule has 2 rings (SSSR count). The van der Waals surface area contributed by atoms with Gasteiger partial charge in [0.2, 0.25) is 0 Å². The largest absolute Gasteiger partial charge is 0.452 e. The number of benzene rings is 2. The van der Waals surface area contributed by atoms with E-state index < -0.39 is 24.4 Å². The fourth-order valence-electron chi connectivity index (χ4n) is 2.19. The average molecular weight is 418 g/mol. The van der Waals surface area contributed by atoms with E-state index in [-0.39, 0.29) is 5.41 Å². The quantitative estimate of drug-likeness (QED) is 0.766. The van der Waals surface area contributed by atoms with E-state index in [1.165, 1.54) is 0 Å². The first-order valence-corrected chi connectivity index (χ1v) is 8.83. The number of hydrogen-bond acceptors (Lipinski definition) is 4. The summed E-state index contributed by atoms with van der Waals surface area (Å²) >= 11 is 3.25. The van der Waals surface area contributed by atoms with Crippen molar-refractivity contribution in [3.63, 3.8) is 0 Å². The number of amides is 2. The van der Waals surface area contributed by atoms with Gasteiger partial charge in [0.25, 0.3) is 11.8 Å². The summed E-state index contributed by atoms with van der Waals surface area (Å²) < 4.78 is 5.65. The second-order valence-corrected chi connectivity index (χ2v) is 7.71. The molecule has 0 atom stereocenters. The van der Waals surface area contributed by atoms with E-state index in [4.69, 9.17) is 4.74 Å². The van der Waals surface area contributed by atoms with Crippen LogP contribution in [-0.2, 0) is 14.9 Å². The molecule has 0 bridgehead atoms. The van der Waals surface area contributed by atoms with E-state index in [0.29, 0.717) is 11.1 Å². The van der Waals surface area contributed by atoms with Crippen LogP contribution in [0.15, 0.2) is 53.0 Å². The molecule has 0 fully saturated rings. The highest BCUT2D eigenvalue weighted by Gasteiger charge is 2.16. The zero-order valence-corrected chi connectivity index (χ0v) is 16.4. The van der Waals surface area contributed by atoms with Crippen LogP contribution in [0.4, 0.5) is 0 Å². The fourth-order valence-corrected chi connectivity index (χ4v) is 2.59. The smallest absolute Gasteiger partial charge is 0.338 e. The predicted molar refractivity (Wildman–Crippen MR) is 102 cm³/mol. The summed E-state index contributed by atoms with van der Waals surface area (Å²) in [5.41, 5.74) is 1.75. The van der Waals surface area contributed by atoms with Gasteiger partial charge in [-0.1, -0.05) is 54.9 Å². The topological polar surface area (TPSA) is 72.5 Å². The van der Waals surface area contributed by atoms with Crippen LogP contribution in [0.25, 0.3) is 0 Å². The third-order valence-corrected chi connectivity index (χ3v) is 4.15. The number of ether oxygens (including phenoxy) is 1. The van der Waals surface area contributed by atoms with Gasteiger partial charge in [-0.3, -0.25) is 14.9 Å². The summed E-state index contributed by atoms with van der Waals surface area (Å²) in [4.78, 5) is 35.8. The van der Waals surface area contributed by atoms with Crippen LogP contribution in [0.3, 0.4) is 0 Å². The van der Waals surface area contributed by atoms with Gasteiger partial charge in [0, 0.05) is 10.0 Å². The fraction of sp³-hybridized carbons (Fsp3) is 0.250. The lowest BCUT2D eigenvalue weighted by molar-refractivity contribution is -0.123. The molecule has 2 aromatic rings. The third kappa shape index (κ3) is 5.52. The van der Waals surface area contributed by atoms with E-state index in [2.05, 4.69) is 42.0 Å². The molecule has 5 nitrogen and oxygen atoms in total. The van der Waals surface area contributed by atoms with E-state index in [1.54, 1.807) is 36.4 Å². The minimum atomic E-state index is -0.682. The molecule has 2 amide bonds. The summed E-state index contributed by atoms with van der Waals surface area (Å²) in [5.74, 6) is -1.85. The minimum absolute atomic E-state index is 0.0224. The highest BCUT2D eigenvalue weighted by atomic mass is 79.9. The first-order valence-electron chi connectivity index (χ1n) is 8.04. The maximum Gasteiger partial charge on any atom is 0.338 e. The van der Waals surface area contributed by atoms with Crippen LogP contribution in [0.1, 0.15) is 47.1 Å². The summed E-state index contributed by atoms with van der Waals surface area (Å²) in [6, 6.07) is 13.7. The number of rotatable bonds is 4. The molecule has 0 spiro atoms. The monoisotopic (exact) mass is 417 g/mol. The molecule has 0 saturated carbocycles. The molecule has 0 unspecified atom stereocenters. The van der Waals surface area contributed by atoms with Crippen molar-refractivity contribution in [3.8, 4) is 0 Å². The first-order chi connectivity index (χ1) is 12.2. The molecule has 0 aromatic heterocycles. The Morgan fingerprint density at radius 1 is 1.00 bits per heavy atom. The summed E-state index contributed by atoms with van der Waals surface area (Å²) in [6.45, 7) is 5.69. The zero-order chi connectivity index (χ0) is 19.3. The van der Waals surface area contributed by atoms with Crippen LogP contribution in [0.2, 0.25) is 0 Å². The molecular weight excluding hydrogens is 398 g/mol. The molecule has 0 aliphatic carbocycles. The number of hydrogen-bond donors (Lipinski definition) is 1. The van der Waals surface area contributed by atoms with Crippen molar-refractivity contribution in [1.82, 2.24) is 5.32 Å². The van der Waals surface area contributed by atoms with Crippen LogP contribution >= 0.6 is 15.9 Å². The lowest BCUT2D eigenvalue weighted by atomic mass is 9.87. The minimum Gasteiger partial charge on any atom is -0.452 e. The Balaban J connectivity index is 1.89. The van der Waals surface area contributed by atoms with Crippen molar-refractivity contribution in [2.45, 2.75) is 26.2 Å². The molecule has 0 aliphatic heterocycles. The SMILES string of the molecule is CC(C)(C)c1ccc(C(=O)NC(=O)COC(=O)c2cccc(Br)c2)cc1. The zero-order valence-electron chi connectivity index (χ0n) is 14.8. The van der Waals surface area contributed by atoms with Crippen molar-refractivity contribution in [3.05, 3.63) is 69.7 Å². The second-order valence-electron chi connectivity index (χ2n) is 6.79. The molecule has 6 heteroatoms. The highest BCUT2D eigenvalue weighted by molar-refractivity contribution is 9.10. The molecule has 0 heterocycles. The molecule has 1 N–H and O–H groups in total. The Bertz CT molecular complexity index is 822. The van der Waals surface area contributed by atoms with Crippen molar-refractivity contribution < 1.29 is 19.1 Å². The molecule has 0 aliphatic rings. The number of esters is 1. The number of carbonyl (C=O) groups excluding carboxylic acids is 3. The average Bonchev–Trinajstić information content (AvgIpc) is 2.59. The maximum absolute atomic E-state index is 12.1.